The van der Waals surface area contributed by atoms with E-state index >= 15 is 0 Å². The van der Waals surface area contributed by atoms with Crippen molar-refractivity contribution in [1.29, 1.82) is 0 Å². The van der Waals surface area contributed by atoms with Crippen molar-refractivity contribution < 1.29 is 14.3 Å². The summed E-state index contributed by atoms with van der Waals surface area (Å²) < 4.78 is 14.6. The van der Waals surface area contributed by atoms with Crippen molar-refractivity contribution in [3.05, 3.63) is 101 Å². The fraction of sp³-hybridized carbons (Fsp3) is 0.115. The Kier molecular flexibility index (Phi) is 4.76. The molecule has 8 nitrogen and oxygen atoms in total. The van der Waals surface area contributed by atoms with E-state index in [1.54, 1.807) is 47.2 Å². The van der Waals surface area contributed by atoms with E-state index < -0.39 is 0 Å². The second-order valence-corrected chi connectivity index (χ2v) is 8.01. The molecule has 2 aromatic carbocycles. The number of fused-ring (bicyclic) bond motifs is 4. The Morgan fingerprint density at radius 1 is 0.941 bits per heavy atom. The molecule has 0 aliphatic carbocycles. The normalized spacial score (nSPS) is 12.7. The fourth-order valence-electron chi connectivity index (χ4n) is 4.20. The molecule has 0 saturated heterocycles. The van der Waals surface area contributed by atoms with Gasteiger partial charge in [-0.25, -0.2) is 4.98 Å². The summed E-state index contributed by atoms with van der Waals surface area (Å²) in [4.78, 5) is 30.3. The predicted molar refractivity (Wildman–Crippen MR) is 128 cm³/mol. The highest BCUT2D eigenvalue weighted by atomic mass is 16.6. The molecule has 5 aromatic rings. The zero-order chi connectivity index (χ0) is 23.1. The van der Waals surface area contributed by atoms with Crippen molar-refractivity contribution in [2.45, 2.75) is 6.54 Å². The number of carbonyl (C=O) groups excluding carboxylic acids is 1. The molecule has 0 unspecified atom stereocenters. The van der Waals surface area contributed by atoms with Crippen LogP contribution in [0.3, 0.4) is 0 Å². The van der Waals surface area contributed by atoms with Gasteiger partial charge in [-0.15, -0.1) is 0 Å². The molecule has 0 radical (unpaired) electrons. The zero-order valence-electron chi connectivity index (χ0n) is 18.1. The van der Waals surface area contributed by atoms with E-state index in [-0.39, 0.29) is 11.5 Å². The largest absolute Gasteiger partial charge is 0.486 e. The second kappa shape index (κ2) is 8.08. The minimum Gasteiger partial charge on any atom is -0.486 e. The van der Waals surface area contributed by atoms with Crippen LogP contribution in [0.1, 0.15) is 15.9 Å². The number of rotatable bonds is 4. The van der Waals surface area contributed by atoms with E-state index in [0.29, 0.717) is 53.7 Å². The van der Waals surface area contributed by atoms with E-state index in [4.69, 9.17) is 9.47 Å². The van der Waals surface area contributed by atoms with E-state index in [0.717, 1.165) is 11.1 Å². The summed E-state index contributed by atoms with van der Waals surface area (Å²) in [6.45, 7) is 1.35. The molecule has 4 heterocycles. The standard InChI is InChI=1S/C26H20N4O4/c31-25(28-19-9-10-22-23(15-19)34-14-13-33-22)18-7-5-17(6-8-18)16-30-24-20(3-1-11-27-24)29-12-2-4-21(29)26(30)32/h1-12,15H,13-14,16H2,(H,28,31). The van der Waals surface area contributed by atoms with Crippen molar-refractivity contribution in [2.75, 3.05) is 18.5 Å². The third-order valence-electron chi connectivity index (χ3n) is 5.85. The Labute approximate surface area is 194 Å². The van der Waals surface area contributed by atoms with Crippen molar-refractivity contribution in [1.82, 2.24) is 14.0 Å². The van der Waals surface area contributed by atoms with Gasteiger partial charge in [-0.3, -0.25) is 14.2 Å². The maximum absolute atomic E-state index is 13.1. The molecule has 1 amide bonds. The highest BCUT2D eigenvalue weighted by molar-refractivity contribution is 6.04. The van der Waals surface area contributed by atoms with Crippen molar-refractivity contribution >= 4 is 28.3 Å². The lowest BCUT2D eigenvalue weighted by Gasteiger charge is -2.19. The van der Waals surface area contributed by atoms with Crippen molar-refractivity contribution in [2.24, 2.45) is 0 Å². The summed E-state index contributed by atoms with van der Waals surface area (Å²) in [5.74, 6) is 1.05. The molecule has 168 valence electrons. The number of carbonyl (C=O) groups is 1. The Balaban J connectivity index is 1.25. The van der Waals surface area contributed by atoms with Crippen LogP contribution >= 0.6 is 0 Å². The number of amides is 1. The smallest absolute Gasteiger partial charge is 0.276 e. The van der Waals surface area contributed by atoms with Crippen LogP contribution in [0.2, 0.25) is 0 Å². The van der Waals surface area contributed by atoms with Crippen LogP contribution in [-0.4, -0.2) is 33.1 Å². The van der Waals surface area contributed by atoms with Crippen molar-refractivity contribution in [3.8, 4) is 11.5 Å². The molecule has 1 aliphatic heterocycles. The number of hydrogen-bond acceptors (Lipinski definition) is 5. The first kappa shape index (κ1) is 20.0. The number of aromatic nitrogens is 3. The molecule has 0 bridgehead atoms. The summed E-state index contributed by atoms with van der Waals surface area (Å²) in [5.41, 5.74) is 3.97. The molecule has 6 rings (SSSR count). The second-order valence-electron chi connectivity index (χ2n) is 8.01. The average Bonchev–Trinajstić information content (AvgIpc) is 3.37. The quantitative estimate of drug-likeness (QED) is 0.449. The molecule has 0 atom stereocenters. The molecule has 3 aromatic heterocycles. The average molecular weight is 452 g/mol. The third-order valence-corrected chi connectivity index (χ3v) is 5.85. The minimum atomic E-state index is -0.234. The molecule has 34 heavy (non-hydrogen) atoms. The third kappa shape index (κ3) is 3.45. The van der Waals surface area contributed by atoms with Crippen LogP contribution in [-0.2, 0) is 6.54 Å². The number of benzene rings is 2. The van der Waals surface area contributed by atoms with Crippen LogP contribution < -0.4 is 20.3 Å². The molecule has 0 saturated carbocycles. The Morgan fingerprint density at radius 3 is 2.59 bits per heavy atom. The summed E-state index contributed by atoms with van der Waals surface area (Å²) in [5, 5.41) is 2.89. The van der Waals surface area contributed by atoms with Gasteiger partial charge in [-0.1, -0.05) is 12.1 Å². The van der Waals surface area contributed by atoms with Crippen LogP contribution in [0.4, 0.5) is 5.69 Å². The molecule has 1 aliphatic rings. The number of pyridine rings is 1. The maximum Gasteiger partial charge on any atom is 0.276 e. The van der Waals surface area contributed by atoms with Gasteiger partial charge in [0, 0.05) is 29.7 Å². The van der Waals surface area contributed by atoms with Crippen LogP contribution in [0, 0.1) is 0 Å². The van der Waals surface area contributed by atoms with Gasteiger partial charge in [-0.2, -0.15) is 0 Å². The van der Waals surface area contributed by atoms with Gasteiger partial charge in [0.05, 0.1) is 12.1 Å². The monoisotopic (exact) mass is 452 g/mol. The SMILES string of the molecule is O=C(Nc1ccc2c(c1)OCCO2)c1ccc(Cn2c(=O)c3cccn3c3cccnc32)cc1. The molecule has 0 fully saturated rings. The van der Waals surface area contributed by atoms with Gasteiger partial charge in [0.15, 0.2) is 17.1 Å². The number of anilines is 1. The van der Waals surface area contributed by atoms with Gasteiger partial charge in [0.2, 0.25) is 0 Å². The Hall–Kier alpha value is -4.59. The van der Waals surface area contributed by atoms with Crippen LogP contribution in [0.25, 0.3) is 16.7 Å². The summed E-state index contributed by atoms with van der Waals surface area (Å²) in [7, 11) is 0. The maximum atomic E-state index is 13.1. The fourth-order valence-corrected chi connectivity index (χ4v) is 4.20. The first-order chi connectivity index (χ1) is 16.7. The predicted octanol–water partition coefficient (Wildman–Crippen LogP) is 3.72. The molecule has 8 heteroatoms. The number of nitrogens with one attached hydrogen (secondary N) is 1. The van der Waals surface area contributed by atoms with Crippen LogP contribution in [0.5, 0.6) is 11.5 Å². The molecular weight excluding hydrogens is 432 g/mol. The van der Waals surface area contributed by atoms with E-state index in [1.807, 2.05) is 40.9 Å². The van der Waals surface area contributed by atoms with Crippen LogP contribution in [0.15, 0.2) is 83.9 Å². The van der Waals surface area contributed by atoms with Gasteiger partial charge >= 0.3 is 0 Å². The molecule has 0 spiro atoms. The number of hydrogen-bond donors (Lipinski definition) is 1. The van der Waals surface area contributed by atoms with E-state index in [2.05, 4.69) is 10.3 Å². The molecular formula is C26H20N4O4. The highest BCUT2D eigenvalue weighted by Crippen LogP contribution is 2.32. The first-order valence-corrected chi connectivity index (χ1v) is 10.9. The lowest BCUT2D eigenvalue weighted by Crippen LogP contribution is -2.24. The Morgan fingerprint density at radius 2 is 1.74 bits per heavy atom. The summed E-state index contributed by atoms with van der Waals surface area (Å²) in [6, 6.07) is 20.0. The summed E-state index contributed by atoms with van der Waals surface area (Å²) >= 11 is 0. The Bertz CT molecular complexity index is 1600. The van der Waals surface area contributed by atoms with Crippen molar-refractivity contribution in [3.63, 3.8) is 0 Å². The van der Waals surface area contributed by atoms with Gasteiger partial charge in [-0.05, 0) is 54.1 Å². The van der Waals surface area contributed by atoms with Gasteiger partial charge < -0.3 is 19.2 Å². The number of nitrogens with zero attached hydrogens (tertiary/aromatic N) is 3. The number of ether oxygens (including phenoxy) is 2. The summed E-state index contributed by atoms with van der Waals surface area (Å²) in [6.07, 6.45) is 3.54. The lowest BCUT2D eigenvalue weighted by molar-refractivity contribution is 0.102. The van der Waals surface area contributed by atoms with Gasteiger partial charge in [0.25, 0.3) is 11.5 Å². The lowest BCUT2D eigenvalue weighted by atomic mass is 10.1. The minimum absolute atomic E-state index is 0.114. The first-order valence-electron chi connectivity index (χ1n) is 10.9. The van der Waals surface area contributed by atoms with E-state index in [1.165, 1.54) is 0 Å². The highest BCUT2D eigenvalue weighted by Gasteiger charge is 2.15. The molecule has 1 N–H and O–H groups in total. The van der Waals surface area contributed by atoms with Gasteiger partial charge in [0.1, 0.15) is 18.7 Å². The zero-order valence-corrected chi connectivity index (χ0v) is 18.1. The topological polar surface area (TPSA) is 86.9 Å². The van der Waals surface area contributed by atoms with E-state index in [9.17, 15) is 9.59 Å².